The summed E-state index contributed by atoms with van der Waals surface area (Å²) in [5, 5.41) is 8.85. The third-order valence-corrected chi connectivity index (χ3v) is 2.82. The van der Waals surface area contributed by atoms with Crippen LogP contribution in [-0.4, -0.2) is 17.6 Å². The van der Waals surface area contributed by atoms with E-state index in [0.717, 1.165) is 12.8 Å². The summed E-state index contributed by atoms with van der Waals surface area (Å²) in [6.45, 7) is 4.15. The first-order valence-corrected chi connectivity index (χ1v) is 6.20. The van der Waals surface area contributed by atoms with Crippen molar-refractivity contribution in [3.8, 4) is 0 Å². The van der Waals surface area contributed by atoms with Gasteiger partial charge in [-0.25, -0.2) is 0 Å². The van der Waals surface area contributed by atoms with E-state index in [0.29, 0.717) is 6.61 Å². The van der Waals surface area contributed by atoms with Gasteiger partial charge in [0.05, 0.1) is 0 Å². The molecule has 0 fully saturated rings. The highest BCUT2D eigenvalue weighted by atomic mass is 31.1. The molecule has 0 radical (unpaired) electrons. The van der Waals surface area contributed by atoms with Crippen molar-refractivity contribution in [2.75, 3.05) is 6.61 Å². The summed E-state index contributed by atoms with van der Waals surface area (Å²) in [5.41, 5.74) is 0. The summed E-state index contributed by atoms with van der Waals surface area (Å²) in [6.07, 6.45) is 5.75. The quantitative estimate of drug-likeness (QED) is 0.491. The number of rotatable bonds is 8. The summed E-state index contributed by atoms with van der Waals surface area (Å²) in [5.74, 6) is -0.842. The Morgan fingerprint density at radius 1 is 1.31 bits per heavy atom. The molecule has 3 nitrogen and oxygen atoms in total. The van der Waals surface area contributed by atoms with Gasteiger partial charge in [-0.15, -0.1) is 4.52 Å². The summed E-state index contributed by atoms with van der Waals surface area (Å²) in [7, 11) is -1.86. The molecule has 0 aliphatic heterocycles. The molecule has 0 spiro atoms. The molecule has 0 heterocycles. The molecular weight excluding hydrogens is 187 g/mol. The number of aliphatic hydroxyl groups is 1. The highest BCUT2D eigenvalue weighted by molar-refractivity contribution is 7.39. The monoisotopic (exact) mass is 207 g/mol. The van der Waals surface area contributed by atoms with Crippen molar-refractivity contribution in [3.05, 3.63) is 0 Å². The molecule has 0 saturated carbocycles. The van der Waals surface area contributed by atoms with E-state index in [4.69, 9.17) is 9.63 Å². The standard InChI is InChI=1S/C9H20O3P/c1-3-4-5-6-7-8-12-13(11)9(2)10/h9-10H,3-8H2,1-2H3/q+1. The van der Waals surface area contributed by atoms with E-state index in [9.17, 15) is 4.57 Å². The predicted octanol–water partition coefficient (Wildman–Crippen LogP) is 3.05. The van der Waals surface area contributed by atoms with Crippen molar-refractivity contribution in [2.24, 2.45) is 0 Å². The maximum absolute atomic E-state index is 10.9. The van der Waals surface area contributed by atoms with Crippen molar-refractivity contribution in [1.29, 1.82) is 0 Å². The maximum atomic E-state index is 10.9. The highest BCUT2D eigenvalue weighted by Gasteiger charge is 2.24. The predicted molar refractivity (Wildman–Crippen MR) is 54.0 cm³/mol. The second-order valence-electron chi connectivity index (χ2n) is 3.16. The van der Waals surface area contributed by atoms with Gasteiger partial charge in [-0.05, 0) is 11.0 Å². The summed E-state index contributed by atoms with van der Waals surface area (Å²) >= 11 is 0. The van der Waals surface area contributed by atoms with Gasteiger partial charge in [0, 0.05) is 6.92 Å². The molecule has 13 heavy (non-hydrogen) atoms. The molecule has 0 aromatic carbocycles. The fourth-order valence-electron chi connectivity index (χ4n) is 0.968. The van der Waals surface area contributed by atoms with Crippen molar-refractivity contribution in [2.45, 2.75) is 51.8 Å². The molecule has 0 saturated heterocycles. The first-order chi connectivity index (χ1) is 6.18. The van der Waals surface area contributed by atoms with Gasteiger partial charge in [-0.1, -0.05) is 32.6 Å². The molecule has 0 bridgehead atoms. The fourth-order valence-corrected chi connectivity index (χ4v) is 1.49. The molecule has 0 aliphatic rings. The second kappa shape index (κ2) is 8.61. The first-order valence-electron chi connectivity index (χ1n) is 4.95. The van der Waals surface area contributed by atoms with Crippen LogP contribution < -0.4 is 0 Å². The Labute approximate surface area is 81.4 Å². The van der Waals surface area contributed by atoms with E-state index in [1.165, 1.54) is 26.2 Å². The Morgan fingerprint density at radius 3 is 2.46 bits per heavy atom. The summed E-state index contributed by atoms with van der Waals surface area (Å²) in [6, 6.07) is 0. The zero-order valence-corrected chi connectivity index (χ0v) is 9.43. The summed E-state index contributed by atoms with van der Waals surface area (Å²) in [4.78, 5) is 0. The molecule has 0 aromatic heterocycles. The fraction of sp³-hybridized carbons (Fsp3) is 1.00. The SMILES string of the molecule is CCCCCCCO[P+](=O)C(C)O. The number of hydrogen-bond acceptors (Lipinski definition) is 3. The smallest absolute Gasteiger partial charge is 0.349 e. The lowest BCUT2D eigenvalue weighted by molar-refractivity contribution is 0.230. The maximum Gasteiger partial charge on any atom is 0.539 e. The first kappa shape index (κ1) is 13.0. The van der Waals surface area contributed by atoms with Gasteiger partial charge in [0.1, 0.15) is 6.61 Å². The van der Waals surface area contributed by atoms with Crippen molar-refractivity contribution < 1.29 is 14.2 Å². The lowest BCUT2D eigenvalue weighted by Gasteiger charge is -1.96. The van der Waals surface area contributed by atoms with Crippen LogP contribution in [0.15, 0.2) is 0 Å². The van der Waals surface area contributed by atoms with Gasteiger partial charge >= 0.3 is 8.03 Å². The zero-order chi connectivity index (χ0) is 10.1. The molecule has 2 atom stereocenters. The average Bonchev–Trinajstić information content (AvgIpc) is 2.10. The van der Waals surface area contributed by atoms with Gasteiger partial charge in [0.25, 0.3) is 5.85 Å². The van der Waals surface area contributed by atoms with E-state index in [2.05, 4.69) is 6.92 Å². The Kier molecular flexibility index (Phi) is 8.62. The molecule has 0 aromatic rings. The molecule has 1 N–H and O–H groups in total. The van der Waals surface area contributed by atoms with Crippen LogP contribution in [0.4, 0.5) is 0 Å². The molecule has 0 rings (SSSR count). The van der Waals surface area contributed by atoms with E-state index in [1.54, 1.807) is 0 Å². The van der Waals surface area contributed by atoms with Crippen LogP contribution in [0, 0.1) is 0 Å². The summed E-state index contributed by atoms with van der Waals surface area (Å²) < 4.78 is 15.9. The van der Waals surface area contributed by atoms with Gasteiger partial charge < -0.3 is 5.11 Å². The molecule has 4 heteroatoms. The lowest BCUT2D eigenvalue weighted by Crippen LogP contribution is -1.96. The van der Waals surface area contributed by atoms with Crippen LogP contribution in [0.2, 0.25) is 0 Å². The Morgan fingerprint density at radius 2 is 1.92 bits per heavy atom. The molecule has 0 amide bonds. The van der Waals surface area contributed by atoms with Crippen molar-refractivity contribution in [3.63, 3.8) is 0 Å². The van der Waals surface area contributed by atoms with Crippen LogP contribution >= 0.6 is 8.03 Å². The molecule has 0 aliphatic carbocycles. The molecular formula is C9H20O3P+. The van der Waals surface area contributed by atoms with Gasteiger partial charge in [0.2, 0.25) is 0 Å². The minimum absolute atomic E-state index is 0.504. The Hall–Kier alpha value is 0.0200. The van der Waals surface area contributed by atoms with Gasteiger partial charge in [-0.2, -0.15) is 0 Å². The topological polar surface area (TPSA) is 46.5 Å². The third-order valence-electron chi connectivity index (χ3n) is 1.77. The van der Waals surface area contributed by atoms with E-state index < -0.39 is 13.9 Å². The average molecular weight is 207 g/mol. The Bertz CT molecular complexity index is 137. The number of unbranched alkanes of at least 4 members (excludes halogenated alkanes) is 4. The highest BCUT2D eigenvalue weighted by Crippen LogP contribution is 2.27. The van der Waals surface area contributed by atoms with Gasteiger partial charge in [-0.3, -0.25) is 0 Å². The number of aliphatic hydroxyl groups excluding tert-OH is 1. The van der Waals surface area contributed by atoms with E-state index in [-0.39, 0.29) is 0 Å². The van der Waals surface area contributed by atoms with Crippen LogP contribution in [0.1, 0.15) is 46.0 Å². The van der Waals surface area contributed by atoms with Gasteiger partial charge in [0.15, 0.2) is 0 Å². The molecule has 78 valence electrons. The normalized spacial score (nSPS) is 14.2. The lowest BCUT2D eigenvalue weighted by atomic mass is 10.2. The van der Waals surface area contributed by atoms with E-state index in [1.807, 2.05) is 0 Å². The largest absolute Gasteiger partial charge is 0.539 e. The van der Waals surface area contributed by atoms with Crippen molar-refractivity contribution in [1.82, 2.24) is 0 Å². The van der Waals surface area contributed by atoms with Crippen LogP contribution in [0.3, 0.4) is 0 Å². The van der Waals surface area contributed by atoms with Crippen molar-refractivity contribution >= 4 is 8.03 Å². The van der Waals surface area contributed by atoms with E-state index >= 15 is 0 Å². The molecule has 2 unspecified atom stereocenters. The number of hydrogen-bond donors (Lipinski definition) is 1. The Balaban J connectivity index is 3.12. The third kappa shape index (κ3) is 8.35. The zero-order valence-electron chi connectivity index (χ0n) is 8.53. The van der Waals surface area contributed by atoms with Crippen LogP contribution in [0.5, 0.6) is 0 Å². The minimum Gasteiger partial charge on any atom is -0.349 e. The minimum atomic E-state index is -1.86. The van der Waals surface area contributed by atoms with Crippen LogP contribution in [0.25, 0.3) is 0 Å². The second-order valence-corrected chi connectivity index (χ2v) is 4.74. The van der Waals surface area contributed by atoms with Crippen LogP contribution in [-0.2, 0) is 9.09 Å².